The van der Waals surface area contributed by atoms with Crippen LogP contribution in [0.2, 0.25) is 0 Å². The van der Waals surface area contributed by atoms with Crippen LogP contribution in [0.1, 0.15) is 11.3 Å². The van der Waals surface area contributed by atoms with Gasteiger partial charge in [0.05, 0.1) is 12.8 Å². The Balaban J connectivity index is 1.86. The molecule has 2 aromatic rings. The average Bonchev–Trinajstić information content (AvgIpc) is 2.84. The lowest BCUT2D eigenvalue weighted by Crippen LogP contribution is -2.19. The van der Waals surface area contributed by atoms with Crippen molar-refractivity contribution in [1.82, 2.24) is 15.1 Å². The first kappa shape index (κ1) is 15.4. The molecule has 1 heterocycles. The highest BCUT2D eigenvalue weighted by molar-refractivity contribution is 5.32. The molecule has 0 radical (unpaired) electrons. The highest BCUT2D eigenvalue weighted by Gasteiger charge is 2.28. The van der Waals surface area contributed by atoms with E-state index < -0.39 is 12.7 Å². The predicted octanol–water partition coefficient (Wildman–Crippen LogP) is 2.74. The minimum absolute atomic E-state index is 0.392. The second kappa shape index (κ2) is 6.62. The van der Waals surface area contributed by atoms with E-state index in [0.29, 0.717) is 18.8 Å². The molecule has 1 aromatic heterocycles. The number of methoxy groups -OCH3 is 1. The van der Waals surface area contributed by atoms with Gasteiger partial charge in [0.2, 0.25) is 0 Å². The normalized spacial score (nSPS) is 11.6. The molecule has 7 heteroatoms. The molecule has 1 aromatic carbocycles. The van der Waals surface area contributed by atoms with Crippen LogP contribution < -0.4 is 10.1 Å². The SMILES string of the molecule is COc1ccccc1CNCc1ccn(CC(F)(F)F)n1. The van der Waals surface area contributed by atoms with Gasteiger partial charge in [0.15, 0.2) is 0 Å². The summed E-state index contributed by atoms with van der Waals surface area (Å²) in [5.41, 5.74) is 1.55. The van der Waals surface area contributed by atoms with Gasteiger partial charge in [-0.05, 0) is 12.1 Å². The fourth-order valence-electron chi connectivity index (χ4n) is 1.94. The zero-order valence-corrected chi connectivity index (χ0v) is 11.5. The first-order valence-corrected chi connectivity index (χ1v) is 6.39. The van der Waals surface area contributed by atoms with E-state index in [9.17, 15) is 13.2 Å². The van der Waals surface area contributed by atoms with Gasteiger partial charge in [-0.1, -0.05) is 18.2 Å². The van der Waals surface area contributed by atoms with E-state index >= 15 is 0 Å². The van der Waals surface area contributed by atoms with Crippen molar-refractivity contribution in [3.63, 3.8) is 0 Å². The van der Waals surface area contributed by atoms with Crippen LogP contribution in [-0.2, 0) is 19.6 Å². The molecule has 0 saturated carbocycles. The van der Waals surface area contributed by atoms with E-state index in [1.165, 1.54) is 6.20 Å². The van der Waals surface area contributed by atoms with Gasteiger partial charge in [-0.25, -0.2) is 0 Å². The molecule has 114 valence electrons. The third-order valence-corrected chi connectivity index (χ3v) is 2.85. The van der Waals surface area contributed by atoms with Gasteiger partial charge in [-0.3, -0.25) is 4.68 Å². The number of rotatable bonds is 6. The van der Waals surface area contributed by atoms with Crippen molar-refractivity contribution in [1.29, 1.82) is 0 Å². The molecule has 0 aliphatic carbocycles. The molecule has 0 amide bonds. The maximum atomic E-state index is 12.2. The van der Waals surface area contributed by atoms with Gasteiger partial charge in [-0.2, -0.15) is 18.3 Å². The molecule has 0 spiro atoms. The van der Waals surface area contributed by atoms with Crippen molar-refractivity contribution in [2.45, 2.75) is 25.8 Å². The van der Waals surface area contributed by atoms with Crippen LogP contribution in [-0.4, -0.2) is 23.1 Å². The maximum Gasteiger partial charge on any atom is 0.408 e. The largest absolute Gasteiger partial charge is 0.496 e. The summed E-state index contributed by atoms with van der Waals surface area (Å²) in [6.07, 6.45) is -2.93. The number of alkyl halides is 3. The minimum atomic E-state index is -4.26. The van der Waals surface area contributed by atoms with E-state index in [1.54, 1.807) is 13.2 Å². The summed E-state index contributed by atoms with van der Waals surface area (Å²) in [6.45, 7) is -0.126. The Morgan fingerprint density at radius 1 is 1.19 bits per heavy atom. The Kier molecular flexibility index (Phi) is 4.85. The molecule has 0 fully saturated rings. The van der Waals surface area contributed by atoms with Gasteiger partial charge in [0, 0.05) is 24.8 Å². The van der Waals surface area contributed by atoms with Crippen LogP contribution in [0.5, 0.6) is 5.75 Å². The summed E-state index contributed by atoms with van der Waals surface area (Å²) >= 11 is 0. The summed E-state index contributed by atoms with van der Waals surface area (Å²) in [5, 5.41) is 7.00. The molecule has 0 aliphatic heterocycles. The molecule has 2 rings (SSSR count). The van der Waals surface area contributed by atoms with Crippen LogP contribution in [0.3, 0.4) is 0 Å². The Labute approximate surface area is 120 Å². The molecular weight excluding hydrogens is 283 g/mol. The van der Waals surface area contributed by atoms with Gasteiger partial charge in [-0.15, -0.1) is 0 Å². The van der Waals surface area contributed by atoms with Crippen LogP contribution in [0.15, 0.2) is 36.5 Å². The van der Waals surface area contributed by atoms with Crippen molar-refractivity contribution in [2.75, 3.05) is 7.11 Å². The lowest BCUT2D eigenvalue weighted by molar-refractivity contribution is -0.142. The number of aromatic nitrogens is 2. The molecule has 4 nitrogen and oxygen atoms in total. The smallest absolute Gasteiger partial charge is 0.408 e. The molecule has 1 N–H and O–H groups in total. The van der Waals surface area contributed by atoms with E-state index in [0.717, 1.165) is 16.0 Å². The highest BCUT2D eigenvalue weighted by Crippen LogP contribution is 2.18. The lowest BCUT2D eigenvalue weighted by Gasteiger charge is -2.08. The monoisotopic (exact) mass is 299 g/mol. The van der Waals surface area contributed by atoms with E-state index in [-0.39, 0.29) is 0 Å². The summed E-state index contributed by atoms with van der Waals surface area (Å²) < 4.78 is 42.8. The van der Waals surface area contributed by atoms with Gasteiger partial charge >= 0.3 is 6.18 Å². The predicted molar refractivity (Wildman–Crippen MR) is 71.8 cm³/mol. The standard InChI is InChI=1S/C14H16F3N3O/c1-21-13-5-3-2-4-11(13)8-18-9-12-6-7-20(19-12)10-14(15,16)17/h2-7,18H,8-10H2,1H3. The third kappa shape index (κ3) is 4.78. The summed E-state index contributed by atoms with van der Waals surface area (Å²) in [4.78, 5) is 0. The van der Waals surface area contributed by atoms with Gasteiger partial charge in [0.25, 0.3) is 0 Å². The summed E-state index contributed by atoms with van der Waals surface area (Å²) in [6, 6.07) is 9.13. The summed E-state index contributed by atoms with van der Waals surface area (Å²) in [7, 11) is 1.59. The van der Waals surface area contributed by atoms with Gasteiger partial charge < -0.3 is 10.1 Å². The van der Waals surface area contributed by atoms with Crippen LogP contribution in [0, 0.1) is 0 Å². The van der Waals surface area contributed by atoms with Gasteiger partial charge in [0.1, 0.15) is 12.3 Å². The number of hydrogen-bond donors (Lipinski definition) is 1. The maximum absolute atomic E-state index is 12.2. The topological polar surface area (TPSA) is 39.1 Å². The second-order valence-electron chi connectivity index (χ2n) is 4.54. The van der Waals surface area contributed by atoms with Crippen molar-refractivity contribution >= 4 is 0 Å². The molecular formula is C14H16F3N3O. The quantitative estimate of drug-likeness (QED) is 0.891. The van der Waals surface area contributed by atoms with Crippen LogP contribution >= 0.6 is 0 Å². The van der Waals surface area contributed by atoms with Crippen LogP contribution in [0.4, 0.5) is 13.2 Å². The molecule has 0 aliphatic rings. The first-order valence-electron chi connectivity index (χ1n) is 6.39. The number of ether oxygens (including phenoxy) is 1. The first-order chi connectivity index (χ1) is 9.98. The summed E-state index contributed by atoms with van der Waals surface area (Å²) in [5.74, 6) is 0.771. The zero-order valence-electron chi connectivity index (χ0n) is 11.5. The fourth-order valence-corrected chi connectivity index (χ4v) is 1.94. The number of halogens is 3. The van der Waals surface area contributed by atoms with Crippen molar-refractivity contribution in [3.8, 4) is 5.75 Å². The number of benzene rings is 1. The van der Waals surface area contributed by atoms with Crippen molar-refractivity contribution < 1.29 is 17.9 Å². The molecule has 0 unspecified atom stereocenters. The Morgan fingerprint density at radius 2 is 1.95 bits per heavy atom. The number of nitrogens with one attached hydrogen (secondary N) is 1. The third-order valence-electron chi connectivity index (χ3n) is 2.85. The number of para-hydroxylation sites is 1. The Hall–Kier alpha value is -2.02. The Morgan fingerprint density at radius 3 is 2.67 bits per heavy atom. The zero-order chi connectivity index (χ0) is 15.3. The average molecular weight is 299 g/mol. The second-order valence-corrected chi connectivity index (χ2v) is 4.54. The lowest BCUT2D eigenvalue weighted by atomic mass is 10.2. The fraction of sp³-hybridized carbons (Fsp3) is 0.357. The van der Waals surface area contributed by atoms with E-state index in [2.05, 4.69) is 10.4 Å². The number of nitrogens with zero attached hydrogens (tertiary/aromatic N) is 2. The Bertz CT molecular complexity index is 581. The molecule has 0 atom stereocenters. The van der Waals surface area contributed by atoms with Crippen molar-refractivity contribution in [2.24, 2.45) is 0 Å². The van der Waals surface area contributed by atoms with Crippen molar-refractivity contribution in [3.05, 3.63) is 47.8 Å². The van der Waals surface area contributed by atoms with E-state index in [1.807, 2.05) is 24.3 Å². The molecule has 21 heavy (non-hydrogen) atoms. The molecule has 0 bridgehead atoms. The van der Waals surface area contributed by atoms with E-state index in [4.69, 9.17) is 4.74 Å². The highest BCUT2D eigenvalue weighted by atomic mass is 19.4. The van der Waals surface area contributed by atoms with Crippen LogP contribution in [0.25, 0.3) is 0 Å². The number of hydrogen-bond acceptors (Lipinski definition) is 3. The molecule has 0 saturated heterocycles. The minimum Gasteiger partial charge on any atom is -0.496 e.